The van der Waals surface area contributed by atoms with E-state index in [-0.39, 0.29) is 12.1 Å². The van der Waals surface area contributed by atoms with Crippen molar-refractivity contribution in [3.05, 3.63) is 195 Å². The summed E-state index contributed by atoms with van der Waals surface area (Å²) in [5.41, 5.74) is 10.5. The third-order valence-electron chi connectivity index (χ3n) is 13.7. The fourth-order valence-corrected chi connectivity index (χ4v) is 14.7. The zero-order valence-corrected chi connectivity index (χ0v) is 46.9. The third kappa shape index (κ3) is 8.79. The lowest BCUT2D eigenvalue weighted by molar-refractivity contribution is 0.354. The van der Waals surface area contributed by atoms with Crippen molar-refractivity contribution in [1.82, 2.24) is 9.13 Å². The zero-order chi connectivity index (χ0) is 52.2. The molecule has 0 spiro atoms. The molecule has 12 rings (SSSR count). The highest BCUT2D eigenvalue weighted by Gasteiger charge is 2.41. The lowest BCUT2D eigenvalue weighted by Crippen LogP contribution is -2.30. The molecule has 2 aromatic heterocycles. The Morgan fingerprint density at radius 1 is 0.447 bits per heavy atom. The van der Waals surface area contributed by atoms with E-state index in [9.17, 15) is 0 Å². The van der Waals surface area contributed by atoms with Gasteiger partial charge in [0.2, 0.25) is 0 Å². The minimum absolute atomic E-state index is 0.308. The van der Waals surface area contributed by atoms with Crippen molar-refractivity contribution >= 4 is 104 Å². The molecule has 0 saturated heterocycles. The first-order valence-electron chi connectivity index (χ1n) is 24.1. The first kappa shape index (κ1) is 49.8. The van der Waals surface area contributed by atoms with Gasteiger partial charge in [-0.3, -0.25) is 18.9 Å². The van der Waals surface area contributed by atoms with E-state index in [2.05, 4.69) is 115 Å². The van der Waals surface area contributed by atoms with Crippen LogP contribution in [0, 0.1) is 7.91 Å². The summed E-state index contributed by atoms with van der Waals surface area (Å²) >= 11 is 18.9. The summed E-state index contributed by atoms with van der Waals surface area (Å²) in [6, 6.07) is 45.2. The van der Waals surface area contributed by atoms with Gasteiger partial charge in [-0.25, -0.2) is 9.98 Å². The number of ether oxygens (including phenoxy) is 6. The van der Waals surface area contributed by atoms with E-state index < -0.39 is 0 Å². The number of thiazole rings is 2. The minimum Gasteiger partial charge on any atom is -0.497 e. The van der Waals surface area contributed by atoms with E-state index in [0.29, 0.717) is 23.0 Å². The molecule has 0 aliphatic carbocycles. The second kappa shape index (κ2) is 20.8. The number of nitrogens with zero attached hydrogens (tertiary/aromatic N) is 6. The van der Waals surface area contributed by atoms with Crippen LogP contribution < -0.4 is 38.2 Å². The fourth-order valence-electron chi connectivity index (χ4n) is 9.88. The largest absolute Gasteiger partial charge is 0.497 e. The molecule has 18 heteroatoms. The Hall–Kier alpha value is -7.06. The molecule has 6 aromatic carbocycles. The van der Waals surface area contributed by atoms with Crippen LogP contribution in [0.2, 0.25) is 0 Å². The number of hydrogen-bond acceptors (Lipinski definition) is 16. The smallest absolute Gasteiger partial charge is 0.174 e. The number of aromatic nitrogens is 2. The first-order chi connectivity index (χ1) is 37.2. The minimum atomic E-state index is -0.308. The Morgan fingerprint density at radius 2 is 0.829 bits per heavy atom. The Labute approximate surface area is 466 Å². The van der Waals surface area contributed by atoms with Gasteiger partial charge in [0.15, 0.2) is 41.2 Å². The van der Waals surface area contributed by atoms with Gasteiger partial charge in [-0.15, -0.1) is 22.7 Å². The molecule has 2 atom stereocenters. The molecular formula is C58H48N6O6S6. The molecule has 0 radical (unpaired) electrons. The maximum Gasteiger partial charge on any atom is 0.174 e. The van der Waals surface area contributed by atoms with Gasteiger partial charge in [0.1, 0.15) is 35.2 Å². The van der Waals surface area contributed by atoms with Crippen LogP contribution in [0.4, 0.5) is 11.6 Å². The van der Waals surface area contributed by atoms with Crippen LogP contribution in [0.1, 0.15) is 55.2 Å². The van der Waals surface area contributed by atoms with Crippen molar-refractivity contribution in [2.24, 2.45) is 9.98 Å². The third-order valence-corrected chi connectivity index (χ3v) is 18.3. The number of amidine groups is 2. The van der Waals surface area contributed by atoms with Crippen molar-refractivity contribution in [1.29, 1.82) is 0 Å². The summed E-state index contributed by atoms with van der Waals surface area (Å²) < 4.78 is 39.5. The van der Waals surface area contributed by atoms with E-state index in [0.717, 1.165) is 109 Å². The van der Waals surface area contributed by atoms with Crippen LogP contribution >= 0.6 is 70.6 Å². The summed E-state index contributed by atoms with van der Waals surface area (Å²) in [6.07, 6.45) is 1.69. The topological polar surface area (TPSA) is 96.4 Å². The number of aryl methyl sites for hydroxylation is 2. The number of rotatable bonds is 15. The van der Waals surface area contributed by atoms with Crippen LogP contribution in [0.15, 0.2) is 154 Å². The van der Waals surface area contributed by atoms with Crippen molar-refractivity contribution in [3.8, 4) is 45.9 Å². The van der Waals surface area contributed by atoms with Gasteiger partial charge in [-0.1, -0.05) is 59.9 Å². The van der Waals surface area contributed by atoms with Crippen LogP contribution in [0.3, 0.4) is 0 Å². The lowest BCUT2D eigenvalue weighted by atomic mass is 10.0. The van der Waals surface area contributed by atoms with Gasteiger partial charge >= 0.3 is 0 Å². The Kier molecular flexibility index (Phi) is 13.6. The lowest BCUT2D eigenvalue weighted by Gasteiger charge is -2.31. The molecular weight excluding hydrogens is 1070 g/mol. The number of aliphatic imine (C=N–C) groups is 2. The molecule has 2 unspecified atom stereocenters. The summed E-state index contributed by atoms with van der Waals surface area (Å²) in [4.78, 5) is 17.3. The van der Waals surface area contributed by atoms with Crippen molar-refractivity contribution < 1.29 is 28.4 Å². The molecule has 0 saturated carbocycles. The molecule has 0 amide bonds. The van der Waals surface area contributed by atoms with Gasteiger partial charge in [0.05, 0.1) is 63.8 Å². The van der Waals surface area contributed by atoms with Crippen molar-refractivity contribution in [3.63, 3.8) is 0 Å². The van der Waals surface area contributed by atoms with Crippen molar-refractivity contribution in [2.75, 3.05) is 52.5 Å². The molecule has 0 fully saturated rings. The first-order valence-corrected chi connectivity index (χ1v) is 28.3. The van der Waals surface area contributed by atoms with E-state index in [1.54, 1.807) is 88.9 Å². The van der Waals surface area contributed by atoms with Gasteiger partial charge in [-0.2, -0.15) is 0 Å². The molecule has 76 heavy (non-hydrogen) atoms. The number of benzene rings is 6. The van der Waals surface area contributed by atoms with Crippen LogP contribution in [0.5, 0.6) is 34.5 Å². The second-order valence-electron chi connectivity index (χ2n) is 17.8. The van der Waals surface area contributed by atoms with E-state index in [1.807, 2.05) is 48.5 Å². The quantitative estimate of drug-likeness (QED) is 0.0915. The second-order valence-corrected chi connectivity index (χ2v) is 22.9. The Bertz CT molecular complexity index is 3560. The van der Waals surface area contributed by atoms with E-state index in [4.69, 9.17) is 62.8 Å². The highest BCUT2D eigenvalue weighted by atomic mass is 32.2. The van der Waals surface area contributed by atoms with E-state index in [1.165, 1.54) is 11.1 Å². The molecule has 0 bridgehead atoms. The summed E-state index contributed by atoms with van der Waals surface area (Å²) in [7, 11) is 9.96. The van der Waals surface area contributed by atoms with Crippen molar-refractivity contribution in [2.45, 2.75) is 24.9 Å². The Morgan fingerprint density at radius 3 is 1.18 bits per heavy atom. The molecule has 4 aliphatic heterocycles. The predicted octanol–water partition coefficient (Wildman–Crippen LogP) is 14.7. The summed E-state index contributed by atoms with van der Waals surface area (Å²) in [5.74, 6) is 6.16. The number of methoxy groups -OCH3 is 6. The van der Waals surface area contributed by atoms with Gasteiger partial charge in [0, 0.05) is 22.2 Å². The molecule has 382 valence electrons. The average Bonchev–Trinajstić information content (AvgIpc) is 4.45. The van der Waals surface area contributed by atoms with Gasteiger partial charge in [0.25, 0.3) is 0 Å². The number of hydrogen-bond donors (Lipinski definition) is 0. The standard InChI is InChI=1S/C58H48N6O6S6/c1-65-41-23-13-35(14-24-41)43-31-73-55-59-49(37-17-27-45(67-3)47(29-37)69-5)51-53(63(43)55)61(57(71)75-51)39-19-9-33(10-20-39)7-8-34-11-21-40(22-12-34)62-54-52(76-58(62)72)50(38-18-28-46(68-4)48(30-38)70-6)60-56-64(54)44(32-74-56)36-15-25-42(66-2)26-16-36/h9-32,49-50H,7-8H2,1-6H3. The monoisotopic (exact) mass is 1120 g/mol. The molecule has 12 nitrogen and oxygen atoms in total. The Balaban J connectivity index is 0.837. The fraction of sp³-hybridized carbons (Fsp3) is 0.172. The zero-order valence-electron chi connectivity index (χ0n) is 42.0. The van der Waals surface area contributed by atoms with Crippen LogP contribution in [0.25, 0.3) is 22.8 Å². The number of fused-ring (bicyclic) bond motifs is 6. The number of thioether (sulfide) groups is 2. The van der Waals surface area contributed by atoms with Crippen LogP contribution in [-0.2, 0) is 12.8 Å². The molecule has 8 aromatic rings. The van der Waals surface area contributed by atoms with E-state index >= 15 is 0 Å². The predicted molar refractivity (Wildman–Crippen MR) is 316 cm³/mol. The maximum absolute atomic E-state index is 6.26. The normalized spacial score (nSPS) is 16.1. The highest BCUT2D eigenvalue weighted by Crippen LogP contribution is 2.53. The maximum atomic E-state index is 6.26. The highest BCUT2D eigenvalue weighted by molar-refractivity contribution is 8.17. The SMILES string of the molecule is COc1ccc(C2=CSC3=NC(c4ccc(OC)c(OC)c4)c4sc(=S)n(-c5ccc(CCc6ccc(-n7c8c(sc7=S)C(c7ccc(OC)c(OC)c7)N=C7SC=C(c9ccc(OC)cc9)N78)cc6)cc5)c4N23)cc1. The van der Waals surface area contributed by atoms with Gasteiger partial charge < -0.3 is 28.4 Å². The average molecular weight is 1120 g/mol. The van der Waals surface area contributed by atoms with Gasteiger partial charge in [-0.05, 0) is 168 Å². The molecule has 0 N–H and O–H groups in total. The molecule has 6 heterocycles. The van der Waals surface area contributed by atoms with Crippen LogP contribution in [-0.4, -0.2) is 62.1 Å². The molecule has 4 aliphatic rings. The summed E-state index contributed by atoms with van der Waals surface area (Å²) in [5, 5.41) is 6.06. The number of anilines is 2. The summed E-state index contributed by atoms with van der Waals surface area (Å²) in [6.45, 7) is 0.